The number of aryl methyl sites for hydroxylation is 2. The number of anilines is 1. The van der Waals surface area contributed by atoms with Gasteiger partial charge in [-0.1, -0.05) is 6.07 Å². The highest BCUT2D eigenvalue weighted by atomic mass is 32.2. The monoisotopic (exact) mass is 438 g/mol. The number of methoxy groups -OCH3 is 1. The average molecular weight is 439 g/mol. The van der Waals surface area contributed by atoms with Crippen LogP contribution in [0.15, 0.2) is 59.8 Å². The molecule has 0 unspecified atom stereocenters. The number of sulfonamides is 1. The maximum Gasteiger partial charge on any atom is 0.243 e. The summed E-state index contributed by atoms with van der Waals surface area (Å²) in [6.07, 6.45) is 1.55. The molecule has 0 aliphatic carbocycles. The van der Waals surface area contributed by atoms with E-state index in [-0.39, 0.29) is 0 Å². The third kappa shape index (κ3) is 4.55. The zero-order valence-corrected chi connectivity index (χ0v) is 18.8. The molecule has 1 aliphatic rings. The van der Waals surface area contributed by atoms with E-state index < -0.39 is 10.0 Å². The van der Waals surface area contributed by atoms with Crippen molar-refractivity contribution < 1.29 is 13.2 Å². The molecule has 3 aromatic rings. The quantitative estimate of drug-likeness (QED) is 0.609. The van der Waals surface area contributed by atoms with Crippen LogP contribution >= 0.6 is 0 Å². The second kappa shape index (κ2) is 8.64. The topological polar surface area (TPSA) is 75.6 Å². The standard InChI is InChI=1S/C23H26N4O3S/c1-17-12-18(2)14-21(13-17)31(28,29)27-10-8-26(9-11-27)23-15-22(24-16-25-23)19-4-6-20(30-3)7-5-19/h4-7,12-16H,8-11H2,1-3H3. The second-order valence-electron chi connectivity index (χ2n) is 7.70. The van der Waals surface area contributed by atoms with Gasteiger partial charge in [0, 0.05) is 37.8 Å². The zero-order chi connectivity index (χ0) is 22.0. The minimum absolute atomic E-state index is 0.363. The maximum absolute atomic E-state index is 13.1. The largest absolute Gasteiger partial charge is 0.497 e. The van der Waals surface area contributed by atoms with Gasteiger partial charge in [0.1, 0.15) is 17.9 Å². The van der Waals surface area contributed by atoms with Crippen LogP contribution in [0.1, 0.15) is 11.1 Å². The van der Waals surface area contributed by atoms with Gasteiger partial charge in [-0.05, 0) is 61.4 Å². The van der Waals surface area contributed by atoms with Gasteiger partial charge in [0.25, 0.3) is 0 Å². The van der Waals surface area contributed by atoms with Crippen LogP contribution in [0.2, 0.25) is 0 Å². The highest BCUT2D eigenvalue weighted by Gasteiger charge is 2.29. The van der Waals surface area contributed by atoms with E-state index in [4.69, 9.17) is 4.74 Å². The predicted octanol–water partition coefficient (Wildman–Crippen LogP) is 3.28. The van der Waals surface area contributed by atoms with Gasteiger partial charge in [-0.3, -0.25) is 0 Å². The number of benzene rings is 2. The summed E-state index contributed by atoms with van der Waals surface area (Å²) in [5, 5.41) is 0. The van der Waals surface area contributed by atoms with Gasteiger partial charge in [-0.25, -0.2) is 18.4 Å². The summed E-state index contributed by atoms with van der Waals surface area (Å²) in [5.41, 5.74) is 3.69. The van der Waals surface area contributed by atoms with Gasteiger partial charge in [0.05, 0.1) is 17.7 Å². The molecule has 0 atom stereocenters. The summed E-state index contributed by atoms with van der Waals surface area (Å²) in [6.45, 7) is 5.81. The van der Waals surface area contributed by atoms with Crippen LogP contribution in [0.5, 0.6) is 5.75 Å². The number of ether oxygens (including phenoxy) is 1. The minimum atomic E-state index is -3.51. The first-order valence-corrected chi connectivity index (χ1v) is 11.6. The Balaban J connectivity index is 1.48. The molecule has 0 N–H and O–H groups in total. The lowest BCUT2D eigenvalue weighted by atomic mass is 10.1. The van der Waals surface area contributed by atoms with E-state index in [1.165, 1.54) is 0 Å². The molecule has 2 heterocycles. The molecule has 0 spiro atoms. The molecule has 1 fully saturated rings. The highest BCUT2D eigenvalue weighted by Crippen LogP contribution is 2.25. The first kappa shape index (κ1) is 21.3. The minimum Gasteiger partial charge on any atom is -0.497 e. The summed E-state index contributed by atoms with van der Waals surface area (Å²) in [4.78, 5) is 11.3. The van der Waals surface area contributed by atoms with Gasteiger partial charge in [-0.2, -0.15) is 4.31 Å². The predicted molar refractivity (Wildman–Crippen MR) is 121 cm³/mol. The van der Waals surface area contributed by atoms with Crippen molar-refractivity contribution in [2.24, 2.45) is 0 Å². The van der Waals surface area contributed by atoms with Crippen molar-refractivity contribution in [1.82, 2.24) is 14.3 Å². The van der Waals surface area contributed by atoms with Crippen LogP contribution in [0.25, 0.3) is 11.3 Å². The lowest BCUT2D eigenvalue weighted by molar-refractivity contribution is 0.383. The van der Waals surface area contributed by atoms with E-state index in [2.05, 4.69) is 14.9 Å². The Bertz CT molecular complexity index is 1150. The molecule has 1 aliphatic heterocycles. The summed E-state index contributed by atoms with van der Waals surface area (Å²) < 4.78 is 33.0. The Morgan fingerprint density at radius 2 is 1.52 bits per heavy atom. The molecule has 4 rings (SSSR count). The van der Waals surface area contributed by atoms with Crippen LogP contribution in [-0.4, -0.2) is 56.0 Å². The van der Waals surface area contributed by atoms with Gasteiger partial charge in [0.15, 0.2) is 0 Å². The van der Waals surface area contributed by atoms with Crippen LogP contribution < -0.4 is 9.64 Å². The molecular weight excluding hydrogens is 412 g/mol. The Kier molecular flexibility index (Phi) is 5.93. The SMILES string of the molecule is COc1ccc(-c2cc(N3CCN(S(=O)(=O)c4cc(C)cc(C)c4)CC3)ncn2)cc1. The van der Waals surface area contributed by atoms with Crippen molar-refractivity contribution in [2.45, 2.75) is 18.7 Å². The average Bonchev–Trinajstić information content (AvgIpc) is 2.79. The van der Waals surface area contributed by atoms with Crippen LogP contribution in [0.4, 0.5) is 5.82 Å². The van der Waals surface area contributed by atoms with Gasteiger partial charge in [0.2, 0.25) is 10.0 Å². The normalized spacial score (nSPS) is 15.1. The van der Waals surface area contributed by atoms with Crippen molar-refractivity contribution in [3.8, 4) is 17.0 Å². The van der Waals surface area contributed by atoms with E-state index >= 15 is 0 Å². The van der Waals surface area contributed by atoms with E-state index in [9.17, 15) is 8.42 Å². The van der Waals surface area contributed by atoms with Gasteiger partial charge < -0.3 is 9.64 Å². The Labute approximate surface area is 183 Å². The van der Waals surface area contributed by atoms with E-state index in [0.29, 0.717) is 31.1 Å². The Hall–Kier alpha value is -2.97. The first-order valence-electron chi connectivity index (χ1n) is 10.2. The van der Waals surface area contributed by atoms with Crippen LogP contribution in [-0.2, 0) is 10.0 Å². The fraction of sp³-hybridized carbons (Fsp3) is 0.304. The lowest BCUT2D eigenvalue weighted by Gasteiger charge is -2.34. The van der Waals surface area contributed by atoms with E-state index in [1.54, 1.807) is 29.9 Å². The Morgan fingerprint density at radius 3 is 2.13 bits per heavy atom. The molecule has 162 valence electrons. The van der Waals surface area contributed by atoms with Crippen LogP contribution in [0, 0.1) is 13.8 Å². The van der Waals surface area contributed by atoms with Crippen molar-refractivity contribution in [2.75, 3.05) is 38.2 Å². The molecule has 0 radical (unpaired) electrons. The number of aromatic nitrogens is 2. The van der Waals surface area contributed by atoms with Crippen molar-refractivity contribution >= 4 is 15.8 Å². The third-order valence-corrected chi connectivity index (χ3v) is 7.31. The molecular formula is C23H26N4O3S. The molecule has 0 saturated carbocycles. The number of piperazine rings is 1. The second-order valence-corrected chi connectivity index (χ2v) is 9.64. The van der Waals surface area contributed by atoms with Gasteiger partial charge in [-0.15, -0.1) is 0 Å². The number of nitrogens with zero attached hydrogens (tertiary/aromatic N) is 4. The third-order valence-electron chi connectivity index (χ3n) is 5.43. The summed E-state index contributed by atoms with van der Waals surface area (Å²) in [5.74, 6) is 1.59. The fourth-order valence-electron chi connectivity index (χ4n) is 3.83. The molecule has 2 aromatic carbocycles. The lowest BCUT2D eigenvalue weighted by Crippen LogP contribution is -2.49. The van der Waals surface area contributed by atoms with Gasteiger partial charge >= 0.3 is 0 Å². The molecule has 31 heavy (non-hydrogen) atoms. The van der Waals surface area contributed by atoms with Crippen LogP contribution in [0.3, 0.4) is 0 Å². The summed E-state index contributed by atoms with van der Waals surface area (Å²) in [7, 11) is -1.87. The van der Waals surface area contributed by atoms with E-state index in [0.717, 1.165) is 34.0 Å². The number of hydrogen-bond donors (Lipinski definition) is 0. The van der Waals surface area contributed by atoms with Crippen molar-refractivity contribution in [1.29, 1.82) is 0 Å². The maximum atomic E-state index is 13.1. The molecule has 0 amide bonds. The van der Waals surface area contributed by atoms with Crippen molar-refractivity contribution in [3.05, 3.63) is 66.0 Å². The molecule has 8 heteroatoms. The highest BCUT2D eigenvalue weighted by molar-refractivity contribution is 7.89. The first-order chi connectivity index (χ1) is 14.9. The molecule has 7 nitrogen and oxygen atoms in total. The molecule has 1 aromatic heterocycles. The van der Waals surface area contributed by atoms with E-state index in [1.807, 2.05) is 50.2 Å². The molecule has 0 bridgehead atoms. The fourth-order valence-corrected chi connectivity index (χ4v) is 5.44. The molecule has 1 saturated heterocycles. The summed E-state index contributed by atoms with van der Waals surface area (Å²) >= 11 is 0. The summed E-state index contributed by atoms with van der Waals surface area (Å²) in [6, 6.07) is 15.1. The number of hydrogen-bond acceptors (Lipinski definition) is 6. The Morgan fingerprint density at radius 1 is 0.871 bits per heavy atom. The van der Waals surface area contributed by atoms with Crippen molar-refractivity contribution in [3.63, 3.8) is 0 Å². The smallest absolute Gasteiger partial charge is 0.243 e. The number of rotatable bonds is 5. The zero-order valence-electron chi connectivity index (χ0n) is 17.9.